The van der Waals surface area contributed by atoms with E-state index in [9.17, 15) is 9.59 Å². The van der Waals surface area contributed by atoms with Gasteiger partial charge in [0.15, 0.2) is 0 Å². The Bertz CT molecular complexity index is 670. The third-order valence-electron chi connectivity index (χ3n) is 3.01. The van der Waals surface area contributed by atoms with Gasteiger partial charge in [-0.1, -0.05) is 36.5 Å². The summed E-state index contributed by atoms with van der Waals surface area (Å²) in [5.74, 6) is -0.232. The van der Waals surface area contributed by atoms with Gasteiger partial charge < -0.3 is 10.3 Å². The van der Waals surface area contributed by atoms with Crippen LogP contribution in [-0.4, -0.2) is 10.9 Å². The summed E-state index contributed by atoms with van der Waals surface area (Å²) in [7, 11) is 0. The third kappa shape index (κ3) is 2.76. The van der Waals surface area contributed by atoms with Gasteiger partial charge in [-0.15, -0.1) is 0 Å². The molecule has 1 heterocycles. The molecule has 1 aromatic carbocycles. The molecule has 2 rings (SSSR count). The van der Waals surface area contributed by atoms with Gasteiger partial charge in [-0.05, 0) is 31.4 Å². The molecular formula is C14H16N2O2S. The summed E-state index contributed by atoms with van der Waals surface area (Å²) in [6.07, 6.45) is 0.847. The summed E-state index contributed by atoms with van der Waals surface area (Å²) in [4.78, 5) is 26.3. The Hall–Kier alpha value is -1.88. The first kappa shape index (κ1) is 13.5. The Kier molecular flexibility index (Phi) is 3.85. The van der Waals surface area contributed by atoms with Crippen LogP contribution in [0.3, 0.4) is 0 Å². The second-order valence-electron chi connectivity index (χ2n) is 4.39. The number of amides is 1. The second-order valence-corrected chi connectivity index (χ2v) is 5.37. The minimum atomic E-state index is -0.232. The van der Waals surface area contributed by atoms with E-state index in [0.29, 0.717) is 10.6 Å². The average molecular weight is 276 g/mol. The number of carbonyl (C=O) groups excluding carboxylic acids is 1. The van der Waals surface area contributed by atoms with Crippen molar-refractivity contribution in [3.8, 4) is 0 Å². The summed E-state index contributed by atoms with van der Waals surface area (Å²) in [6.45, 7) is 5.73. The van der Waals surface area contributed by atoms with E-state index in [4.69, 9.17) is 0 Å². The molecular weight excluding hydrogens is 260 g/mol. The lowest BCUT2D eigenvalue weighted by Crippen LogP contribution is -2.14. The lowest BCUT2D eigenvalue weighted by atomic mass is 10.1. The molecule has 5 heteroatoms. The lowest BCUT2D eigenvalue weighted by molar-refractivity contribution is 0.102. The number of hydrogen-bond donors (Lipinski definition) is 2. The van der Waals surface area contributed by atoms with Crippen molar-refractivity contribution >= 4 is 22.9 Å². The fourth-order valence-electron chi connectivity index (χ4n) is 1.99. The Morgan fingerprint density at radius 1 is 1.37 bits per heavy atom. The molecule has 0 bridgehead atoms. The van der Waals surface area contributed by atoms with Crippen LogP contribution in [0.2, 0.25) is 0 Å². The number of aromatic nitrogens is 1. The summed E-state index contributed by atoms with van der Waals surface area (Å²) in [5.41, 5.74) is 3.57. The normalized spacial score (nSPS) is 10.5. The highest BCUT2D eigenvalue weighted by Crippen LogP contribution is 2.22. The van der Waals surface area contributed by atoms with Crippen molar-refractivity contribution in [1.29, 1.82) is 0 Å². The molecule has 4 nitrogen and oxygen atoms in total. The Morgan fingerprint density at radius 3 is 2.68 bits per heavy atom. The maximum atomic E-state index is 12.2. The van der Waals surface area contributed by atoms with Gasteiger partial charge in [0.1, 0.15) is 4.88 Å². The molecule has 0 fully saturated rings. The van der Waals surface area contributed by atoms with Crippen molar-refractivity contribution < 1.29 is 4.79 Å². The van der Waals surface area contributed by atoms with Crippen LogP contribution in [0, 0.1) is 13.8 Å². The Morgan fingerprint density at radius 2 is 2.11 bits per heavy atom. The Labute approximate surface area is 115 Å². The highest BCUT2D eigenvalue weighted by atomic mass is 32.1. The highest BCUT2D eigenvalue weighted by molar-refractivity contribution is 7.11. The van der Waals surface area contributed by atoms with Gasteiger partial charge in [0, 0.05) is 11.4 Å². The van der Waals surface area contributed by atoms with Crippen LogP contribution in [-0.2, 0) is 6.42 Å². The predicted molar refractivity (Wildman–Crippen MR) is 78.2 cm³/mol. The van der Waals surface area contributed by atoms with Gasteiger partial charge in [0.05, 0.1) is 0 Å². The molecule has 0 aliphatic rings. The fraction of sp³-hybridized carbons (Fsp3) is 0.286. The molecule has 0 unspecified atom stereocenters. The first-order chi connectivity index (χ1) is 9.02. The number of nitrogens with one attached hydrogen (secondary N) is 2. The average Bonchev–Trinajstić information content (AvgIpc) is 2.71. The summed E-state index contributed by atoms with van der Waals surface area (Å²) >= 11 is 0.938. The summed E-state index contributed by atoms with van der Waals surface area (Å²) in [6, 6.07) is 5.93. The Balaban J connectivity index is 2.34. The van der Waals surface area contributed by atoms with Crippen LogP contribution < -0.4 is 10.2 Å². The van der Waals surface area contributed by atoms with Crippen LogP contribution in [0.5, 0.6) is 0 Å². The van der Waals surface area contributed by atoms with Gasteiger partial charge in [-0.25, -0.2) is 0 Å². The maximum absolute atomic E-state index is 12.2. The van der Waals surface area contributed by atoms with Crippen molar-refractivity contribution in [2.24, 2.45) is 0 Å². The van der Waals surface area contributed by atoms with Crippen LogP contribution >= 0.6 is 11.3 Å². The maximum Gasteiger partial charge on any atom is 0.305 e. The molecule has 0 spiro atoms. The van der Waals surface area contributed by atoms with E-state index in [1.54, 1.807) is 6.92 Å². The SMILES string of the molecule is CCc1cccc(C)c1NC(=O)c1sc(=O)[nH]c1C. The van der Waals surface area contributed by atoms with E-state index in [1.165, 1.54) is 0 Å². The van der Waals surface area contributed by atoms with Crippen LogP contribution in [0.1, 0.15) is 33.4 Å². The number of para-hydroxylation sites is 1. The zero-order valence-corrected chi connectivity index (χ0v) is 12.0. The molecule has 2 N–H and O–H groups in total. The van der Waals surface area contributed by atoms with Gasteiger partial charge in [-0.2, -0.15) is 0 Å². The topological polar surface area (TPSA) is 62.0 Å². The molecule has 0 atom stereocenters. The largest absolute Gasteiger partial charge is 0.321 e. The number of anilines is 1. The molecule has 0 saturated carbocycles. The van der Waals surface area contributed by atoms with E-state index in [2.05, 4.69) is 10.3 Å². The highest BCUT2D eigenvalue weighted by Gasteiger charge is 2.15. The van der Waals surface area contributed by atoms with Crippen molar-refractivity contribution in [3.63, 3.8) is 0 Å². The number of hydrogen-bond acceptors (Lipinski definition) is 3. The number of aryl methyl sites for hydroxylation is 3. The quantitative estimate of drug-likeness (QED) is 0.905. The van der Waals surface area contributed by atoms with Gasteiger partial charge >= 0.3 is 4.87 Å². The van der Waals surface area contributed by atoms with Crippen LogP contribution in [0.4, 0.5) is 5.69 Å². The van der Waals surface area contributed by atoms with Crippen LogP contribution in [0.15, 0.2) is 23.0 Å². The second kappa shape index (κ2) is 5.40. The summed E-state index contributed by atoms with van der Waals surface area (Å²) < 4.78 is 0. The van der Waals surface area contributed by atoms with Crippen molar-refractivity contribution in [2.45, 2.75) is 27.2 Å². The molecule has 0 saturated heterocycles. The number of aromatic amines is 1. The first-order valence-electron chi connectivity index (χ1n) is 6.12. The van der Waals surface area contributed by atoms with Crippen molar-refractivity contribution in [3.05, 3.63) is 49.6 Å². The minimum Gasteiger partial charge on any atom is -0.321 e. The van der Waals surface area contributed by atoms with E-state index in [-0.39, 0.29) is 10.8 Å². The third-order valence-corrected chi connectivity index (χ3v) is 3.99. The summed E-state index contributed by atoms with van der Waals surface area (Å²) in [5, 5.41) is 2.91. The number of carbonyl (C=O) groups is 1. The molecule has 1 aromatic heterocycles. The first-order valence-corrected chi connectivity index (χ1v) is 6.94. The minimum absolute atomic E-state index is 0.205. The standard InChI is InChI=1S/C14H16N2O2S/c1-4-10-7-5-6-8(2)11(10)16-13(17)12-9(3)15-14(18)19-12/h5-7H,4H2,1-3H3,(H,15,18)(H,16,17). The molecule has 0 aliphatic heterocycles. The lowest BCUT2D eigenvalue weighted by Gasteiger charge is -2.12. The zero-order chi connectivity index (χ0) is 14.0. The molecule has 1 amide bonds. The van der Waals surface area contributed by atoms with E-state index in [1.807, 2.05) is 32.0 Å². The van der Waals surface area contributed by atoms with Crippen molar-refractivity contribution in [1.82, 2.24) is 4.98 Å². The van der Waals surface area contributed by atoms with Gasteiger partial charge in [-0.3, -0.25) is 9.59 Å². The van der Waals surface area contributed by atoms with Crippen LogP contribution in [0.25, 0.3) is 0 Å². The number of rotatable bonds is 3. The molecule has 2 aromatic rings. The fourth-order valence-corrected chi connectivity index (χ4v) is 2.73. The number of H-pyrrole nitrogens is 1. The van der Waals surface area contributed by atoms with E-state index >= 15 is 0 Å². The monoisotopic (exact) mass is 276 g/mol. The smallest absolute Gasteiger partial charge is 0.305 e. The zero-order valence-electron chi connectivity index (χ0n) is 11.2. The molecule has 19 heavy (non-hydrogen) atoms. The van der Waals surface area contributed by atoms with E-state index in [0.717, 1.165) is 34.6 Å². The molecule has 100 valence electrons. The van der Waals surface area contributed by atoms with Gasteiger partial charge in [0.25, 0.3) is 5.91 Å². The van der Waals surface area contributed by atoms with Gasteiger partial charge in [0.2, 0.25) is 0 Å². The number of thiazole rings is 1. The predicted octanol–water partition coefficient (Wildman–Crippen LogP) is 2.87. The van der Waals surface area contributed by atoms with Crippen molar-refractivity contribution in [2.75, 3.05) is 5.32 Å². The van der Waals surface area contributed by atoms with E-state index < -0.39 is 0 Å². The molecule has 0 aliphatic carbocycles. The molecule has 0 radical (unpaired) electrons. The number of benzene rings is 1.